The fraction of sp³-hybridized carbons (Fsp3) is 0.800. The summed E-state index contributed by atoms with van der Waals surface area (Å²) in [4.78, 5) is 0.238. The highest BCUT2D eigenvalue weighted by Gasteiger charge is 2.49. The van der Waals surface area contributed by atoms with Crippen molar-refractivity contribution in [1.82, 2.24) is 0 Å². The van der Waals surface area contributed by atoms with Crippen molar-refractivity contribution in [2.45, 2.75) is 48.6 Å². The molecule has 0 aliphatic carbocycles. The lowest BCUT2D eigenvalue weighted by molar-refractivity contribution is -0.134. The monoisotopic (exact) mass is 300 g/mol. The van der Waals surface area contributed by atoms with E-state index in [0.29, 0.717) is 5.03 Å². The summed E-state index contributed by atoms with van der Waals surface area (Å²) in [6.45, 7) is 9.66. The lowest BCUT2D eigenvalue weighted by Crippen LogP contribution is -2.55. The summed E-state index contributed by atoms with van der Waals surface area (Å²) in [7, 11) is 0. The molecule has 1 heterocycles. The molecule has 3 atom stereocenters. The topological polar surface area (TPSA) is 9.23 Å². The molecule has 0 bridgehead atoms. The van der Waals surface area contributed by atoms with Crippen molar-refractivity contribution >= 4 is 39.1 Å². The number of alkyl halides is 2. The largest absolute Gasteiger partial charge is 0.361 e. The van der Waals surface area contributed by atoms with E-state index in [4.69, 9.17) is 27.9 Å². The molecule has 14 heavy (non-hydrogen) atoms. The van der Waals surface area contributed by atoms with Gasteiger partial charge < -0.3 is 4.74 Å². The molecule has 1 saturated heterocycles. The summed E-state index contributed by atoms with van der Waals surface area (Å²) in [5.74, 6) is 0. The first-order valence-electron chi connectivity index (χ1n) is 4.53. The van der Waals surface area contributed by atoms with E-state index in [9.17, 15) is 0 Å². The molecule has 0 aromatic heterocycles. The average molecular weight is 302 g/mol. The third-order valence-electron chi connectivity index (χ3n) is 2.78. The highest BCUT2D eigenvalue weighted by molar-refractivity contribution is 9.09. The number of halogens is 3. The Morgan fingerprint density at radius 2 is 2.00 bits per heavy atom. The molecule has 1 aliphatic heterocycles. The fourth-order valence-electron chi connectivity index (χ4n) is 1.59. The van der Waals surface area contributed by atoms with Crippen molar-refractivity contribution in [1.29, 1.82) is 0 Å². The Labute approximate surface area is 104 Å². The van der Waals surface area contributed by atoms with Crippen molar-refractivity contribution in [2.24, 2.45) is 0 Å². The second-order valence-corrected chi connectivity index (χ2v) is 6.48. The van der Waals surface area contributed by atoms with E-state index in [2.05, 4.69) is 22.5 Å². The normalized spacial score (nSPS) is 42.1. The minimum Gasteiger partial charge on any atom is -0.361 e. The van der Waals surface area contributed by atoms with Gasteiger partial charge in [0.25, 0.3) is 0 Å². The highest BCUT2D eigenvalue weighted by atomic mass is 79.9. The van der Waals surface area contributed by atoms with E-state index in [-0.39, 0.29) is 15.8 Å². The summed E-state index contributed by atoms with van der Waals surface area (Å²) in [6.07, 6.45) is 0.816. The average Bonchev–Trinajstić information content (AvgIpc) is 2.00. The van der Waals surface area contributed by atoms with Gasteiger partial charge in [-0.2, -0.15) is 0 Å². The van der Waals surface area contributed by atoms with Crippen molar-refractivity contribution in [3.8, 4) is 0 Å². The molecule has 4 heteroatoms. The smallest absolute Gasteiger partial charge is 0.117 e. The Balaban J connectivity index is 2.96. The lowest BCUT2D eigenvalue weighted by atomic mass is 9.87. The van der Waals surface area contributed by atoms with Crippen LogP contribution in [-0.4, -0.2) is 21.4 Å². The maximum atomic E-state index is 6.24. The lowest BCUT2D eigenvalue weighted by Gasteiger charge is -2.48. The van der Waals surface area contributed by atoms with Crippen molar-refractivity contribution < 1.29 is 4.74 Å². The Hall–Kier alpha value is 0.760. The number of hydrogen-bond acceptors (Lipinski definition) is 1. The van der Waals surface area contributed by atoms with Crippen LogP contribution < -0.4 is 0 Å². The van der Waals surface area contributed by atoms with E-state index in [0.717, 1.165) is 6.42 Å². The van der Waals surface area contributed by atoms with Gasteiger partial charge in [-0.15, -0.1) is 11.6 Å². The van der Waals surface area contributed by atoms with E-state index in [1.54, 1.807) is 0 Å². The quantitative estimate of drug-likeness (QED) is 0.664. The maximum absolute atomic E-state index is 6.24. The third kappa shape index (κ3) is 2.13. The summed E-state index contributed by atoms with van der Waals surface area (Å²) in [5, 5.41) is 0.315. The molecule has 0 N–H and O–H groups in total. The van der Waals surface area contributed by atoms with Gasteiger partial charge in [-0.05, 0) is 27.2 Å². The third-order valence-corrected chi connectivity index (χ3v) is 5.23. The fourth-order valence-corrected chi connectivity index (χ4v) is 2.85. The van der Waals surface area contributed by atoms with Gasteiger partial charge >= 0.3 is 0 Å². The molecular weight excluding hydrogens is 287 g/mol. The molecule has 0 aromatic rings. The van der Waals surface area contributed by atoms with Crippen LogP contribution in [0.1, 0.15) is 27.2 Å². The van der Waals surface area contributed by atoms with Gasteiger partial charge in [0.15, 0.2) is 0 Å². The Morgan fingerprint density at radius 1 is 1.50 bits per heavy atom. The molecule has 3 unspecified atom stereocenters. The molecule has 0 aromatic carbocycles. The molecule has 0 spiro atoms. The molecule has 0 saturated carbocycles. The summed E-state index contributed by atoms with van der Waals surface area (Å²) >= 11 is 15.8. The van der Waals surface area contributed by atoms with Gasteiger partial charge in [0.1, 0.15) is 5.60 Å². The molecule has 82 valence electrons. The predicted octanol–water partition coefficient (Wildman–Crippen LogP) is 4.07. The molecule has 0 radical (unpaired) electrons. The summed E-state index contributed by atoms with van der Waals surface area (Å²) in [5.41, 5.74) is -0.922. The van der Waals surface area contributed by atoms with Crippen LogP contribution in [0.5, 0.6) is 0 Å². The van der Waals surface area contributed by atoms with E-state index < -0.39 is 5.60 Å². The standard InChI is InChI=1S/C10H15BrCl2O/c1-6(12)10(4)8(13)5-7(11)9(2,3)14-10/h7-8H,1,5H2,2-4H3. The molecule has 1 aliphatic rings. The van der Waals surface area contributed by atoms with E-state index in [1.807, 2.05) is 20.8 Å². The second-order valence-electron chi connectivity index (χ2n) is 4.39. The van der Waals surface area contributed by atoms with Crippen LogP contribution >= 0.6 is 39.1 Å². The number of ether oxygens (including phenoxy) is 1. The minimum absolute atomic E-state index is 0.148. The summed E-state index contributed by atoms with van der Waals surface area (Å²) < 4.78 is 5.94. The summed E-state index contributed by atoms with van der Waals surface area (Å²) in [6, 6.07) is 0. The second kappa shape index (κ2) is 3.97. The van der Waals surface area contributed by atoms with E-state index >= 15 is 0 Å². The van der Waals surface area contributed by atoms with Gasteiger partial charge in [-0.1, -0.05) is 34.1 Å². The van der Waals surface area contributed by atoms with Crippen molar-refractivity contribution in [3.05, 3.63) is 11.6 Å². The van der Waals surface area contributed by atoms with Crippen LogP contribution in [-0.2, 0) is 4.74 Å². The zero-order valence-corrected chi connectivity index (χ0v) is 11.7. The highest BCUT2D eigenvalue weighted by Crippen LogP contribution is 2.45. The molecular formula is C10H15BrCl2O. The minimum atomic E-state index is -0.642. The zero-order valence-electron chi connectivity index (χ0n) is 8.61. The maximum Gasteiger partial charge on any atom is 0.117 e. The van der Waals surface area contributed by atoms with Gasteiger partial charge in [0, 0.05) is 9.86 Å². The van der Waals surface area contributed by atoms with Gasteiger partial charge in [0.2, 0.25) is 0 Å². The Morgan fingerprint density at radius 3 is 2.43 bits per heavy atom. The van der Waals surface area contributed by atoms with Gasteiger partial charge in [0.05, 0.1) is 11.0 Å². The van der Waals surface area contributed by atoms with Crippen LogP contribution in [0, 0.1) is 0 Å². The Kier molecular flexibility index (Phi) is 3.64. The first kappa shape index (κ1) is 12.8. The van der Waals surface area contributed by atoms with Crippen LogP contribution in [0.4, 0.5) is 0 Å². The molecule has 1 rings (SSSR count). The first-order valence-corrected chi connectivity index (χ1v) is 6.26. The molecule has 0 amide bonds. The van der Waals surface area contributed by atoms with Crippen molar-refractivity contribution in [3.63, 3.8) is 0 Å². The zero-order chi connectivity index (χ0) is 11.1. The van der Waals surface area contributed by atoms with Crippen LogP contribution in [0.15, 0.2) is 11.6 Å². The number of hydrogen-bond donors (Lipinski definition) is 0. The van der Waals surface area contributed by atoms with Gasteiger partial charge in [-0.25, -0.2) is 0 Å². The molecule has 1 fully saturated rings. The van der Waals surface area contributed by atoms with Crippen molar-refractivity contribution in [2.75, 3.05) is 0 Å². The SMILES string of the molecule is C=C(Cl)C1(C)OC(C)(C)C(Br)CC1Cl. The first-order chi connectivity index (χ1) is 6.20. The number of rotatable bonds is 1. The Bertz CT molecular complexity index is 255. The van der Waals surface area contributed by atoms with Crippen LogP contribution in [0.2, 0.25) is 0 Å². The molecule has 1 nitrogen and oxygen atoms in total. The van der Waals surface area contributed by atoms with Crippen LogP contribution in [0.25, 0.3) is 0 Å². The van der Waals surface area contributed by atoms with E-state index in [1.165, 1.54) is 0 Å². The van der Waals surface area contributed by atoms with Gasteiger partial charge in [-0.3, -0.25) is 0 Å². The predicted molar refractivity (Wildman–Crippen MR) is 65.5 cm³/mol. The van der Waals surface area contributed by atoms with Crippen LogP contribution in [0.3, 0.4) is 0 Å².